The van der Waals surface area contributed by atoms with Crippen LogP contribution < -0.4 is 10.9 Å². The molecule has 3 rings (SSSR count). The van der Waals surface area contributed by atoms with Crippen LogP contribution in [0.5, 0.6) is 0 Å². The van der Waals surface area contributed by atoms with Gasteiger partial charge in [-0.2, -0.15) is 0 Å². The van der Waals surface area contributed by atoms with Gasteiger partial charge >= 0.3 is 5.97 Å². The zero-order valence-electron chi connectivity index (χ0n) is 13.6. The van der Waals surface area contributed by atoms with Crippen LogP contribution in [0.4, 0.5) is 0 Å². The molecule has 0 aliphatic carbocycles. The highest BCUT2D eigenvalue weighted by molar-refractivity contribution is 5.96. The Hall–Kier alpha value is -3.48. The minimum atomic E-state index is -0.507. The zero-order valence-corrected chi connectivity index (χ0v) is 13.6. The molecular formula is C18H15N3O4. The van der Waals surface area contributed by atoms with Crippen LogP contribution in [-0.2, 0) is 4.74 Å². The number of ether oxygens (including phenoxy) is 1. The van der Waals surface area contributed by atoms with Crippen LogP contribution in [0.1, 0.15) is 20.7 Å². The SMILES string of the molecule is CNC(=O)c1cccc(-c2nc3cc(C(=O)OC)ccc3c(=O)[nH]2)c1. The van der Waals surface area contributed by atoms with E-state index in [1.54, 1.807) is 31.3 Å². The lowest BCUT2D eigenvalue weighted by molar-refractivity contribution is 0.0600. The van der Waals surface area contributed by atoms with Crippen molar-refractivity contribution >= 4 is 22.8 Å². The van der Waals surface area contributed by atoms with Crippen molar-refractivity contribution in [3.63, 3.8) is 0 Å². The third-order valence-corrected chi connectivity index (χ3v) is 3.75. The van der Waals surface area contributed by atoms with Gasteiger partial charge < -0.3 is 15.0 Å². The molecule has 1 heterocycles. The van der Waals surface area contributed by atoms with Gasteiger partial charge in [0.05, 0.1) is 23.6 Å². The number of hydrogen-bond acceptors (Lipinski definition) is 5. The molecule has 3 aromatic rings. The fraction of sp³-hybridized carbons (Fsp3) is 0.111. The lowest BCUT2D eigenvalue weighted by Gasteiger charge is -2.06. The van der Waals surface area contributed by atoms with Crippen molar-refractivity contribution < 1.29 is 14.3 Å². The molecule has 1 aromatic heterocycles. The summed E-state index contributed by atoms with van der Waals surface area (Å²) >= 11 is 0. The molecule has 0 saturated heterocycles. The molecule has 0 atom stereocenters. The normalized spacial score (nSPS) is 10.5. The quantitative estimate of drug-likeness (QED) is 0.709. The smallest absolute Gasteiger partial charge is 0.337 e. The minimum absolute atomic E-state index is 0.238. The van der Waals surface area contributed by atoms with Gasteiger partial charge in [-0.1, -0.05) is 12.1 Å². The van der Waals surface area contributed by atoms with Gasteiger partial charge in [0.1, 0.15) is 5.82 Å². The first kappa shape index (κ1) is 16.4. The van der Waals surface area contributed by atoms with Crippen LogP contribution in [0.2, 0.25) is 0 Å². The Bertz CT molecular complexity index is 1040. The van der Waals surface area contributed by atoms with Gasteiger partial charge in [-0.15, -0.1) is 0 Å². The van der Waals surface area contributed by atoms with Crippen molar-refractivity contribution in [3.05, 3.63) is 63.9 Å². The predicted octanol–water partition coefficient (Wildman–Crippen LogP) is 1.74. The molecule has 2 N–H and O–H groups in total. The number of hydrogen-bond donors (Lipinski definition) is 2. The average Bonchev–Trinajstić information content (AvgIpc) is 2.66. The molecule has 1 amide bonds. The maximum absolute atomic E-state index is 12.3. The molecule has 0 radical (unpaired) electrons. The van der Waals surface area contributed by atoms with Gasteiger partial charge in [-0.3, -0.25) is 9.59 Å². The molecule has 25 heavy (non-hydrogen) atoms. The first-order valence-corrected chi connectivity index (χ1v) is 7.48. The number of aromatic nitrogens is 2. The summed E-state index contributed by atoms with van der Waals surface area (Å²) in [6, 6.07) is 11.3. The Kier molecular flexibility index (Phi) is 4.30. The van der Waals surface area contributed by atoms with E-state index >= 15 is 0 Å². The second kappa shape index (κ2) is 6.56. The third-order valence-electron chi connectivity index (χ3n) is 3.75. The molecule has 0 aliphatic heterocycles. The summed E-state index contributed by atoms with van der Waals surface area (Å²) in [7, 11) is 2.83. The van der Waals surface area contributed by atoms with Crippen molar-refractivity contribution in [1.29, 1.82) is 0 Å². The Balaban J connectivity index is 2.15. The summed E-state index contributed by atoms with van der Waals surface area (Å²) in [5.41, 5.74) is 1.38. The van der Waals surface area contributed by atoms with Gasteiger partial charge in [0.2, 0.25) is 0 Å². The highest BCUT2D eigenvalue weighted by Gasteiger charge is 2.12. The Labute approximate surface area is 142 Å². The summed E-state index contributed by atoms with van der Waals surface area (Å²) in [5.74, 6) is -0.435. The zero-order chi connectivity index (χ0) is 18.0. The first-order chi connectivity index (χ1) is 12.0. The lowest BCUT2D eigenvalue weighted by Crippen LogP contribution is -2.17. The highest BCUT2D eigenvalue weighted by Crippen LogP contribution is 2.19. The number of esters is 1. The topological polar surface area (TPSA) is 101 Å². The van der Waals surface area contributed by atoms with Crippen molar-refractivity contribution in [2.24, 2.45) is 0 Å². The number of nitrogens with zero attached hydrogens (tertiary/aromatic N) is 1. The van der Waals surface area contributed by atoms with Crippen molar-refractivity contribution in [2.45, 2.75) is 0 Å². The Morgan fingerprint density at radius 3 is 2.64 bits per heavy atom. The average molecular weight is 337 g/mol. The molecule has 0 unspecified atom stereocenters. The molecule has 126 valence electrons. The number of carbonyl (C=O) groups is 2. The van der Waals surface area contributed by atoms with Crippen LogP contribution in [0, 0.1) is 0 Å². The second-order valence-corrected chi connectivity index (χ2v) is 5.30. The van der Waals surface area contributed by atoms with Crippen molar-refractivity contribution in [2.75, 3.05) is 14.2 Å². The maximum atomic E-state index is 12.3. The number of nitrogens with one attached hydrogen (secondary N) is 2. The Morgan fingerprint density at radius 1 is 1.12 bits per heavy atom. The number of carbonyl (C=O) groups excluding carboxylic acids is 2. The van der Waals surface area contributed by atoms with Gasteiger partial charge in [0.15, 0.2) is 0 Å². The largest absolute Gasteiger partial charge is 0.465 e. The standard InChI is InChI=1S/C18H15N3O4/c1-19-16(22)11-5-3-4-10(8-11)15-20-14-9-12(18(24)25-2)6-7-13(14)17(23)21-15/h3-9H,1-2H3,(H,19,22)(H,20,21,23). The second-order valence-electron chi connectivity index (χ2n) is 5.30. The van der Waals surface area contributed by atoms with E-state index in [0.717, 1.165) is 0 Å². The number of methoxy groups -OCH3 is 1. The molecule has 0 bridgehead atoms. The van der Waals surface area contributed by atoms with Gasteiger partial charge in [-0.05, 0) is 30.3 Å². The predicted molar refractivity (Wildman–Crippen MR) is 92.5 cm³/mol. The number of rotatable bonds is 3. The fourth-order valence-corrected chi connectivity index (χ4v) is 2.47. The monoisotopic (exact) mass is 337 g/mol. The molecule has 0 spiro atoms. The van der Waals surface area contributed by atoms with Crippen LogP contribution in [0.25, 0.3) is 22.3 Å². The summed E-state index contributed by atoms with van der Waals surface area (Å²) in [6.45, 7) is 0. The third kappa shape index (κ3) is 3.12. The molecule has 0 fully saturated rings. The Morgan fingerprint density at radius 2 is 1.92 bits per heavy atom. The maximum Gasteiger partial charge on any atom is 0.337 e. The first-order valence-electron chi connectivity index (χ1n) is 7.48. The molecule has 7 heteroatoms. The van der Waals surface area contributed by atoms with Crippen LogP contribution in [0.3, 0.4) is 0 Å². The van der Waals surface area contributed by atoms with Gasteiger partial charge in [0, 0.05) is 18.2 Å². The summed E-state index contributed by atoms with van der Waals surface area (Å²) in [4.78, 5) is 42.9. The summed E-state index contributed by atoms with van der Waals surface area (Å²) in [6.07, 6.45) is 0. The molecule has 2 aromatic carbocycles. The van der Waals surface area contributed by atoms with Crippen molar-refractivity contribution in [3.8, 4) is 11.4 Å². The van der Waals surface area contributed by atoms with Crippen LogP contribution in [0.15, 0.2) is 47.3 Å². The summed E-state index contributed by atoms with van der Waals surface area (Å²) < 4.78 is 4.69. The van der Waals surface area contributed by atoms with E-state index in [-0.39, 0.29) is 11.5 Å². The van der Waals surface area contributed by atoms with E-state index in [1.165, 1.54) is 25.3 Å². The van der Waals surface area contributed by atoms with E-state index in [0.29, 0.717) is 33.4 Å². The fourth-order valence-electron chi connectivity index (χ4n) is 2.47. The number of fused-ring (bicyclic) bond motifs is 1. The summed E-state index contributed by atoms with van der Waals surface area (Å²) in [5, 5.41) is 2.90. The number of amides is 1. The van der Waals surface area contributed by atoms with Gasteiger partial charge in [-0.25, -0.2) is 9.78 Å². The van der Waals surface area contributed by atoms with E-state index in [1.807, 2.05) is 0 Å². The van der Waals surface area contributed by atoms with E-state index < -0.39 is 5.97 Å². The van der Waals surface area contributed by atoms with E-state index in [9.17, 15) is 14.4 Å². The minimum Gasteiger partial charge on any atom is -0.465 e. The number of H-pyrrole nitrogens is 1. The van der Waals surface area contributed by atoms with Crippen LogP contribution >= 0.6 is 0 Å². The van der Waals surface area contributed by atoms with Gasteiger partial charge in [0.25, 0.3) is 11.5 Å². The van der Waals surface area contributed by atoms with Crippen LogP contribution in [-0.4, -0.2) is 36.0 Å². The molecule has 0 saturated carbocycles. The van der Waals surface area contributed by atoms with Crippen molar-refractivity contribution in [1.82, 2.24) is 15.3 Å². The highest BCUT2D eigenvalue weighted by atomic mass is 16.5. The number of aromatic amines is 1. The molecule has 0 aliphatic rings. The lowest BCUT2D eigenvalue weighted by atomic mass is 10.1. The van der Waals surface area contributed by atoms with E-state index in [4.69, 9.17) is 0 Å². The van der Waals surface area contributed by atoms with E-state index in [2.05, 4.69) is 20.0 Å². The molecule has 7 nitrogen and oxygen atoms in total. The number of benzene rings is 2. The molecular weight excluding hydrogens is 322 g/mol.